The number of non-ortho nitro benzene ring substituents is 1. The van der Waals surface area contributed by atoms with Crippen molar-refractivity contribution in [3.05, 3.63) is 39.4 Å². The summed E-state index contributed by atoms with van der Waals surface area (Å²) < 4.78 is 4.74. The van der Waals surface area contributed by atoms with Gasteiger partial charge in [0.2, 0.25) is 0 Å². The molecule has 0 aliphatic rings. The molecule has 8 heteroatoms. The lowest BCUT2D eigenvalue weighted by Crippen LogP contribution is -2.42. The van der Waals surface area contributed by atoms with Crippen LogP contribution in [0.2, 0.25) is 0 Å². The minimum atomic E-state index is -0.798. The monoisotopic (exact) mass is 392 g/mol. The Bertz CT molecular complexity index is 775. The van der Waals surface area contributed by atoms with E-state index in [1.165, 1.54) is 25.3 Å². The van der Waals surface area contributed by atoms with Gasteiger partial charge in [-0.1, -0.05) is 11.8 Å². The van der Waals surface area contributed by atoms with E-state index in [0.717, 1.165) is 0 Å². The Balaban J connectivity index is 3.24. The standard InChI is InChI=1S/C19H24N2O5S/c1-19(2,3)10-8-13-12-14(21(24)25)6-7-15(13)17(22)20-16(9-11-27-5)18(23)26-4/h6-7,12,16H,9,11H2,1-5H3,(H,20,22)/t16-/m0/s1. The Kier molecular flexibility index (Phi) is 8.32. The number of nitro benzene ring substituents is 1. The summed E-state index contributed by atoms with van der Waals surface area (Å²) in [4.78, 5) is 35.1. The molecule has 1 N–H and O–H groups in total. The molecule has 0 bridgehead atoms. The van der Waals surface area contributed by atoms with Gasteiger partial charge in [0.05, 0.1) is 17.6 Å². The average Bonchev–Trinajstić information content (AvgIpc) is 2.61. The van der Waals surface area contributed by atoms with Gasteiger partial charge < -0.3 is 10.1 Å². The van der Waals surface area contributed by atoms with Crippen LogP contribution in [0.4, 0.5) is 5.69 Å². The van der Waals surface area contributed by atoms with Crippen LogP contribution >= 0.6 is 11.8 Å². The molecular weight excluding hydrogens is 368 g/mol. The molecule has 0 saturated heterocycles. The van der Waals surface area contributed by atoms with Crippen LogP contribution in [0.15, 0.2) is 18.2 Å². The predicted octanol–water partition coefficient (Wildman–Crippen LogP) is 3.02. The van der Waals surface area contributed by atoms with Crippen molar-refractivity contribution in [3.8, 4) is 11.8 Å². The number of hydrogen-bond acceptors (Lipinski definition) is 6. The second-order valence-corrected chi connectivity index (χ2v) is 7.80. The second kappa shape index (κ2) is 9.97. The molecule has 1 rings (SSSR count). The number of carbonyl (C=O) groups excluding carboxylic acids is 2. The summed E-state index contributed by atoms with van der Waals surface area (Å²) in [5, 5.41) is 13.7. The molecule has 0 saturated carbocycles. The van der Waals surface area contributed by atoms with Gasteiger partial charge in [-0.3, -0.25) is 14.9 Å². The van der Waals surface area contributed by atoms with Crippen LogP contribution in [0.3, 0.4) is 0 Å². The first-order chi connectivity index (χ1) is 12.6. The maximum Gasteiger partial charge on any atom is 0.328 e. The number of ether oxygens (including phenoxy) is 1. The molecule has 0 aliphatic carbocycles. The van der Waals surface area contributed by atoms with Crippen LogP contribution in [0.5, 0.6) is 0 Å². The lowest BCUT2D eigenvalue weighted by Gasteiger charge is -2.16. The first kappa shape index (κ1) is 22.5. The average molecular weight is 392 g/mol. The Hall–Kier alpha value is -2.53. The minimum Gasteiger partial charge on any atom is -0.467 e. The number of nitrogens with one attached hydrogen (secondary N) is 1. The van der Waals surface area contributed by atoms with E-state index in [1.807, 2.05) is 27.0 Å². The number of amides is 1. The van der Waals surface area contributed by atoms with Crippen LogP contribution in [0, 0.1) is 27.4 Å². The van der Waals surface area contributed by atoms with Gasteiger partial charge in [0, 0.05) is 23.1 Å². The summed E-state index contributed by atoms with van der Waals surface area (Å²) in [7, 11) is 1.26. The molecule has 1 aromatic rings. The van der Waals surface area contributed by atoms with Crippen LogP contribution in [-0.2, 0) is 9.53 Å². The Morgan fingerprint density at radius 1 is 1.37 bits per heavy atom. The highest BCUT2D eigenvalue weighted by atomic mass is 32.2. The largest absolute Gasteiger partial charge is 0.467 e. The van der Waals surface area contributed by atoms with Gasteiger partial charge in [-0.2, -0.15) is 11.8 Å². The summed E-state index contributed by atoms with van der Waals surface area (Å²) in [6, 6.07) is 3.06. The SMILES string of the molecule is COC(=O)[C@H](CCSC)NC(=O)c1ccc([N+](=O)[O-])cc1C#CC(C)(C)C. The maximum atomic E-state index is 12.7. The van der Waals surface area contributed by atoms with Crippen LogP contribution in [0.25, 0.3) is 0 Å². The van der Waals surface area contributed by atoms with Crippen molar-refractivity contribution in [3.63, 3.8) is 0 Å². The number of methoxy groups -OCH3 is 1. The van der Waals surface area contributed by atoms with Crippen molar-refractivity contribution in [2.45, 2.75) is 33.2 Å². The van der Waals surface area contributed by atoms with Crippen molar-refractivity contribution in [1.29, 1.82) is 0 Å². The number of carbonyl (C=O) groups is 2. The van der Waals surface area contributed by atoms with Gasteiger partial charge in [-0.15, -0.1) is 0 Å². The summed E-state index contributed by atoms with van der Waals surface area (Å²) in [6.45, 7) is 5.69. The highest BCUT2D eigenvalue weighted by Crippen LogP contribution is 2.19. The molecule has 0 spiro atoms. The minimum absolute atomic E-state index is 0.156. The second-order valence-electron chi connectivity index (χ2n) is 6.82. The van der Waals surface area contributed by atoms with Crippen LogP contribution in [-0.4, -0.2) is 42.0 Å². The lowest BCUT2D eigenvalue weighted by molar-refractivity contribution is -0.384. The molecular formula is C19H24N2O5S. The van der Waals surface area contributed by atoms with E-state index in [0.29, 0.717) is 12.2 Å². The van der Waals surface area contributed by atoms with Crippen LogP contribution in [0.1, 0.15) is 43.1 Å². The van der Waals surface area contributed by atoms with Gasteiger partial charge in [0.15, 0.2) is 0 Å². The van der Waals surface area contributed by atoms with Crippen molar-refractivity contribution in [2.24, 2.45) is 5.41 Å². The number of hydrogen-bond donors (Lipinski definition) is 1. The number of rotatable bonds is 7. The summed E-state index contributed by atoms with van der Waals surface area (Å²) in [5.74, 6) is 5.42. The molecule has 27 heavy (non-hydrogen) atoms. The highest BCUT2D eigenvalue weighted by Gasteiger charge is 2.23. The smallest absolute Gasteiger partial charge is 0.328 e. The zero-order valence-corrected chi connectivity index (χ0v) is 16.9. The molecule has 0 aliphatic heterocycles. The molecule has 1 aromatic carbocycles. The van der Waals surface area contributed by atoms with Crippen molar-refractivity contribution < 1.29 is 19.2 Å². The Morgan fingerprint density at radius 3 is 2.56 bits per heavy atom. The maximum absolute atomic E-state index is 12.7. The summed E-state index contributed by atoms with van der Waals surface area (Å²) in [5.41, 5.74) is -0.0807. The molecule has 1 atom stereocenters. The molecule has 1 amide bonds. The number of nitrogens with zero attached hydrogens (tertiary/aromatic N) is 1. The van der Waals surface area contributed by atoms with Crippen LogP contribution < -0.4 is 5.32 Å². The van der Waals surface area contributed by atoms with Gasteiger partial charge in [0.25, 0.3) is 11.6 Å². The third kappa shape index (κ3) is 7.31. The van der Waals surface area contributed by atoms with E-state index >= 15 is 0 Å². The van der Waals surface area contributed by atoms with E-state index < -0.39 is 22.8 Å². The summed E-state index contributed by atoms with van der Waals surface area (Å²) in [6.07, 6.45) is 2.31. The molecule has 0 unspecified atom stereocenters. The molecule has 0 aromatic heterocycles. The van der Waals surface area contributed by atoms with Gasteiger partial charge in [0.1, 0.15) is 6.04 Å². The molecule has 0 heterocycles. The van der Waals surface area contributed by atoms with E-state index in [1.54, 1.807) is 11.8 Å². The first-order valence-electron chi connectivity index (χ1n) is 8.28. The molecule has 0 radical (unpaired) electrons. The normalized spacial score (nSPS) is 11.7. The number of thioether (sulfide) groups is 1. The van der Waals surface area contributed by atoms with Gasteiger partial charge in [-0.05, 0) is 45.3 Å². The van der Waals surface area contributed by atoms with E-state index in [2.05, 4.69) is 17.2 Å². The van der Waals surface area contributed by atoms with Gasteiger partial charge >= 0.3 is 5.97 Å². The number of benzene rings is 1. The molecule has 7 nitrogen and oxygen atoms in total. The quantitative estimate of drug-likeness (QED) is 0.331. The third-order valence-electron chi connectivity index (χ3n) is 3.43. The van der Waals surface area contributed by atoms with Crippen molar-refractivity contribution in [1.82, 2.24) is 5.32 Å². The summed E-state index contributed by atoms with van der Waals surface area (Å²) >= 11 is 1.54. The Morgan fingerprint density at radius 2 is 2.04 bits per heavy atom. The topological polar surface area (TPSA) is 98.5 Å². The van der Waals surface area contributed by atoms with Crippen molar-refractivity contribution in [2.75, 3.05) is 19.1 Å². The highest BCUT2D eigenvalue weighted by molar-refractivity contribution is 7.98. The molecule has 0 fully saturated rings. The van der Waals surface area contributed by atoms with Gasteiger partial charge in [-0.25, -0.2) is 4.79 Å². The number of esters is 1. The van der Waals surface area contributed by atoms with E-state index in [-0.39, 0.29) is 22.2 Å². The van der Waals surface area contributed by atoms with E-state index in [9.17, 15) is 19.7 Å². The fourth-order valence-electron chi connectivity index (χ4n) is 2.06. The zero-order chi connectivity index (χ0) is 20.6. The first-order valence-corrected chi connectivity index (χ1v) is 9.67. The zero-order valence-electron chi connectivity index (χ0n) is 16.1. The Labute approximate surface area is 163 Å². The van der Waals surface area contributed by atoms with Crippen molar-refractivity contribution >= 4 is 29.3 Å². The number of nitro groups is 1. The third-order valence-corrected chi connectivity index (χ3v) is 4.08. The lowest BCUT2D eigenvalue weighted by atomic mass is 9.96. The van der Waals surface area contributed by atoms with E-state index in [4.69, 9.17) is 4.74 Å². The molecule has 146 valence electrons. The fourth-order valence-corrected chi connectivity index (χ4v) is 2.54. The predicted molar refractivity (Wildman–Crippen MR) is 106 cm³/mol. The fraction of sp³-hybridized carbons (Fsp3) is 0.474.